The van der Waals surface area contributed by atoms with E-state index in [4.69, 9.17) is 0 Å². The summed E-state index contributed by atoms with van der Waals surface area (Å²) in [5, 5.41) is 15.1. The molecule has 0 fully saturated rings. The first-order chi connectivity index (χ1) is 12.5. The van der Waals surface area contributed by atoms with Gasteiger partial charge in [0.15, 0.2) is 5.82 Å². The van der Waals surface area contributed by atoms with Gasteiger partial charge in [0, 0.05) is 25.5 Å². The predicted molar refractivity (Wildman–Crippen MR) is 94.0 cm³/mol. The Kier molecular flexibility index (Phi) is 5.24. The molecule has 0 aliphatic carbocycles. The Balaban J connectivity index is 1.53. The first kappa shape index (κ1) is 18.0. The molecule has 0 aliphatic heterocycles. The van der Waals surface area contributed by atoms with E-state index in [0.717, 1.165) is 6.07 Å². The fourth-order valence-corrected chi connectivity index (χ4v) is 3.57. The Morgan fingerprint density at radius 3 is 2.65 bits per heavy atom. The van der Waals surface area contributed by atoms with Crippen molar-refractivity contribution in [3.05, 3.63) is 60.2 Å². The number of halogens is 1. The molecule has 0 unspecified atom stereocenters. The average molecular weight is 376 g/mol. The number of hydrogen-bond acceptors (Lipinski definition) is 6. The molecule has 0 amide bonds. The zero-order valence-electron chi connectivity index (χ0n) is 13.9. The molecule has 0 aliphatic rings. The lowest BCUT2D eigenvalue weighted by Crippen LogP contribution is -2.29. The first-order valence-corrected chi connectivity index (χ1v) is 9.27. The van der Waals surface area contributed by atoms with Crippen molar-refractivity contribution in [2.75, 3.05) is 18.4 Å². The van der Waals surface area contributed by atoms with Gasteiger partial charge in [-0.3, -0.25) is 0 Å². The summed E-state index contributed by atoms with van der Waals surface area (Å²) in [5.74, 6) is 0.617. The van der Waals surface area contributed by atoms with E-state index in [1.165, 1.54) is 12.1 Å². The van der Waals surface area contributed by atoms with Crippen LogP contribution in [0.4, 0.5) is 10.2 Å². The third kappa shape index (κ3) is 4.21. The van der Waals surface area contributed by atoms with Crippen molar-refractivity contribution in [3.63, 3.8) is 0 Å². The van der Waals surface area contributed by atoms with Gasteiger partial charge in [-0.2, -0.15) is 5.10 Å². The van der Waals surface area contributed by atoms with E-state index in [-0.39, 0.29) is 11.4 Å². The van der Waals surface area contributed by atoms with Crippen LogP contribution in [0.15, 0.2) is 53.7 Å². The minimum Gasteiger partial charge on any atom is -0.367 e. The maximum Gasteiger partial charge on any atom is 0.240 e. The van der Waals surface area contributed by atoms with Gasteiger partial charge < -0.3 is 5.32 Å². The molecule has 8 nitrogen and oxygen atoms in total. The maximum absolute atomic E-state index is 13.1. The van der Waals surface area contributed by atoms with Crippen LogP contribution < -0.4 is 10.0 Å². The molecule has 3 aromatic rings. The lowest BCUT2D eigenvalue weighted by Gasteiger charge is -2.10. The summed E-state index contributed by atoms with van der Waals surface area (Å²) >= 11 is 0. The van der Waals surface area contributed by atoms with Crippen LogP contribution in [-0.4, -0.2) is 41.5 Å². The van der Waals surface area contributed by atoms with Gasteiger partial charge in [-0.05, 0) is 48.9 Å². The fourth-order valence-electron chi connectivity index (χ4n) is 2.31. The van der Waals surface area contributed by atoms with E-state index >= 15 is 0 Å². The van der Waals surface area contributed by atoms with Crippen molar-refractivity contribution < 1.29 is 12.8 Å². The van der Waals surface area contributed by atoms with Crippen LogP contribution in [0.3, 0.4) is 0 Å². The highest BCUT2D eigenvalue weighted by Crippen LogP contribution is 2.15. The zero-order chi connectivity index (χ0) is 18.6. The molecule has 0 atom stereocenters. The van der Waals surface area contributed by atoms with Crippen molar-refractivity contribution in [2.45, 2.75) is 11.8 Å². The highest BCUT2D eigenvalue weighted by Gasteiger charge is 2.16. The van der Waals surface area contributed by atoms with Crippen molar-refractivity contribution >= 4 is 15.8 Å². The molecule has 136 valence electrons. The third-order valence-corrected chi connectivity index (χ3v) is 5.16. The number of sulfonamides is 1. The molecule has 26 heavy (non-hydrogen) atoms. The minimum atomic E-state index is -3.70. The number of nitrogens with zero attached hydrogens (tertiary/aromatic N) is 4. The van der Waals surface area contributed by atoms with E-state index < -0.39 is 15.8 Å². The van der Waals surface area contributed by atoms with Crippen LogP contribution in [0.25, 0.3) is 5.82 Å². The molecule has 10 heteroatoms. The molecular weight excluding hydrogens is 359 g/mol. The summed E-state index contributed by atoms with van der Waals surface area (Å²) in [6.07, 6.45) is 3.39. The number of aromatic nitrogens is 4. The summed E-state index contributed by atoms with van der Waals surface area (Å²) in [4.78, 5) is 0.0577. The molecule has 3 rings (SSSR count). The molecule has 2 aromatic heterocycles. The largest absolute Gasteiger partial charge is 0.367 e. The van der Waals surface area contributed by atoms with E-state index in [0.29, 0.717) is 23.7 Å². The van der Waals surface area contributed by atoms with Gasteiger partial charge in [0.05, 0.1) is 4.90 Å². The van der Waals surface area contributed by atoms with E-state index in [2.05, 4.69) is 25.3 Å². The number of hydrogen-bond donors (Lipinski definition) is 2. The number of anilines is 1. The fraction of sp³-hybridized carbons (Fsp3) is 0.188. The number of nitrogens with one attached hydrogen (secondary N) is 2. The molecular formula is C16H17FN6O2S. The second kappa shape index (κ2) is 7.58. The lowest BCUT2D eigenvalue weighted by atomic mass is 10.2. The molecule has 2 heterocycles. The molecule has 0 saturated carbocycles. The number of aryl methyl sites for hydroxylation is 1. The van der Waals surface area contributed by atoms with E-state index in [1.807, 2.05) is 0 Å². The van der Waals surface area contributed by atoms with E-state index in [9.17, 15) is 12.8 Å². The van der Waals surface area contributed by atoms with Gasteiger partial charge in [0.1, 0.15) is 11.6 Å². The maximum atomic E-state index is 13.1. The van der Waals surface area contributed by atoms with Gasteiger partial charge in [-0.1, -0.05) is 0 Å². The SMILES string of the molecule is Cc1cc(F)ccc1S(=O)(=O)NCCNc1ccc(-n2cccn2)nn1. The quantitative estimate of drug-likeness (QED) is 0.606. The second-order valence-corrected chi connectivity index (χ2v) is 7.20. The van der Waals surface area contributed by atoms with Crippen LogP contribution in [-0.2, 0) is 10.0 Å². The summed E-state index contributed by atoms with van der Waals surface area (Å²) in [7, 11) is -3.70. The standard InChI is InChI=1S/C16H17FN6O2S/c1-12-11-13(17)3-4-14(12)26(24,25)20-9-8-18-15-5-6-16(22-21-15)23-10-2-7-19-23/h2-7,10-11,20H,8-9H2,1H3,(H,18,21). The van der Waals surface area contributed by atoms with Crippen molar-refractivity contribution in [1.29, 1.82) is 0 Å². The summed E-state index contributed by atoms with van der Waals surface area (Å²) in [5.41, 5.74) is 0.352. The average Bonchev–Trinajstić information content (AvgIpc) is 3.13. The Morgan fingerprint density at radius 1 is 1.15 bits per heavy atom. The van der Waals surface area contributed by atoms with Crippen LogP contribution in [0.2, 0.25) is 0 Å². The lowest BCUT2D eigenvalue weighted by molar-refractivity contribution is 0.581. The van der Waals surface area contributed by atoms with Gasteiger partial charge in [0.2, 0.25) is 10.0 Å². The van der Waals surface area contributed by atoms with E-state index in [1.54, 1.807) is 42.2 Å². The highest BCUT2D eigenvalue weighted by molar-refractivity contribution is 7.89. The van der Waals surface area contributed by atoms with Gasteiger partial charge in [-0.25, -0.2) is 22.2 Å². The Hall–Kier alpha value is -2.85. The molecule has 0 radical (unpaired) electrons. The summed E-state index contributed by atoms with van der Waals surface area (Å²) in [6.45, 7) is 2.00. The van der Waals surface area contributed by atoms with Gasteiger partial charge in [-0.15, -0.1) is 10.2 Å². The Bertz CT molecular complexity index is 974. The molecule has 0 spiro atoms. The van der Waals surface area contributed by atoms with Crippen LogP contribution in [0, 0.1) is 12.7 Å². The van der Waals surface area contributed by atoms with Crippen molar-refractivity contribution in [3.8, 4) is 5.82 Å². The zero-order valence-corrected chi connectivity index (χ0v) is 14.7. The monoisotopic (exact) mass is 376 g/mol. The highest BCUT2D eigenvalue weighted by atomic mass is 32.2. The van der Waals surface area contributed by atoms with Gasteiger partial charge >= 0.3 is 0 Å². The predicted octanol–water partition coefficient (Wildman–Crippen LogP) is 1.50. The Morgan fingerprint density at radius 2 is 2.00 bits per heavy atom. The topological polar surface area (TPSA) is 102 Å². The van der Waals surface area contributed by atoms with Crippen molar-refractivity contribution in [1.82, 2.24) is 24.7 Å². The van der Waals surface area contributed by atoms with Crippen LogP contribution >= 0.6 is 0 Å². The molecule has 0 bridgehead atoms. The smallest absolute Gasteiger partial charge is 0.240 e. The van der Waals surface area contributed by atoms with Gasteiger partial charge in [0.25, 0.3) is 0 Å². The summed E-state index contributed by atoms with van der Waals surface area (Å²) < 4.78 is 41.7. The van der Waals surface area contributed by atoms with Crippen LogP contribution in [0.5, 0.6) is 0 Å². The molecule has 1 aromatic carbocycles. The molecule has 0 saturated heterocycles. The number of benzene rings is 1. The summed E-state index contributed by atoms with van der Waals surface area (Å²) in [6, 6.07) is 8.81. The third-order valence-electron chi connectivity index (χ3n) is 3.54. The van der Waals surface area contributed by atoms with Crippen molar-refractivity contribution in [2.24, 2.45) is 0 Å². The van der Waals surface area contributed by atoms with Crippen LogP contribution in [0.1, 0.15) is 5.56 Å². The normalized spacial score (nSPS) is 11.5. The Labute approximate surface area is 150 Å². The first-order valence-electron chi connectivity index (χ1n) is 7.79. The molecule has 2 N–H and O–H groups in total. The number of rotatable bonds is 7. The minimum absolute atomic E-state index is 0.0577. The second-order valence-electron chi connectivity index (χ2n) is 5.46.